The van der Waals surface area contributed by atoms with Crippen LogP contribution in [0.3, 0.4) is 0 Å². The highest BCUT2D eigenvalue weighted by atomic mass is 16.6. The molecule has 0 amide bonds. The molecule has 0 spiro atoms. The molecule has 124 valence electrons. The van der Waals surface area contributed by atoms with Crippen LogP contribution in [0.1, 0.15) is 28.4 Å². The molecule has 0 bridgehead atoms. The first-order valence-corrected chi connectivity index (χ1v) is 8.43. The van der Waals surface area contributed by atoms with E-state index in [2.05, 4.69) is 11.8 Å². The fourth-order valence-corrected chi connectivity index (χ4v) is 3.91. The molecule has 1 saturated heterocycles. The van der Waals surface area contributed by atoms with Crippen molar-refractivity contribution in [3.8, 4) is 0 Å². The molecule has 4 rings (SSSR count). The average Bonchev–Trinajstić information content (AvgIpc) is 2.97. The van der Waals surface area contributed by atoms with E-state index in [1.807, 2.05) is 54.6 Å². The number of cyclic esters (lactones) is 1. The summed E-state index contributed by atoms with van der Waals surface area (Å²) in [5.74, 6) is -0.241. The molecule has 2 aliphatic rings. The van der Waals surface area contributed by atoms with Gasteiger partial charge in [-0.3, -0.25) is 4.90 Å². The largest absolute Gasteiger partial charge is 0.444 e. The lowest BCUT2D eigenvalue weighted by Gasteiger charge is -2.43. The zero-order chi connectivity index (χ0) is 16.6. The summed E-state index contributed by atoms with van der Waals surface area (Å²) in [7, 11) is 0. The zero-order valence-corrected chi connectivity index (χ0v) is 13.8. The summed E-state index contributed by atoms with van der Waals surface area (Å²) in [5, 5.41) is 0. The number of morpholine rings is 1. The van der Waals surface area contributed by atoms with Crippen molar-refractivity contribution >= 4 is 5.97 Å². The Bertz CT molecular complexity index is 740. The smallest absolute Gasteiger partial charge is 0.339 e. The van der Waals surface area contributed by atoms with E-state index >= 15 is 0 Å². The van der Waals surface area contributed by atoms with Gasteiger partial charge in [0.05, 0.1) is 24.8 Å². The van der Waals surface area contributed by atoms with Crippen molar-refractivity contribution in [3.05, 3.63) is 71.3 Å². The van der Waals surface area contributed by atoms with E-state index in [-0.39, 0.29) is 12.0 Å². The van der Waals surface area contributed by atoms with E-state index in [1.54, 1.807) is 0 Å². The van der Waals surface area contributed by atoms with Gasteiger partial charge in [0.15, 0.2) is 5.60 Å². The monoisotopic (exact) mass is 323 g/mol. The number of nitrogens with zero attached hydrogens (tertiary/aromatic N) is 1. The van der Waals surface area contributed by atoms with Crippen molar-refractivity contribution in [1.82, 2.24) is 4.90 Å². The number of ether oxygens (including phenoxy) is 2. The lowest BCUT2D eigenvalue weighted by Crippen LogP contribution is -2.53. The van der Waals surface area contributed by atoms with Crippen LogP contribution >= 0.6 is 0 Å². The molecule has 2 heterocycles. The van der Waals surface area contributed by atoms with E-state index in [1.165, 1.54) is 0 Å². The summed E-state index contributed by atoms with van der Waals surface area (Å²) < 4.78 is 11.6. The number of benzene rings is 2. The van der Waals surface area contributed by atoms with Crippen LogP contribution in [-0.4, -0.2) is 43.2 Å². The number of fused-ring (bicyclic) bond motifs is 1. The van der Waals surface area contributed by atoms with E-state index in [0.29, 0.717) is 18.8 Å². The summed E-state index contributed by atoms with van der Waals surface area (Å²) in [5.41, 5.74) is 1.87. The van der Waals surface area contributed by atoms with E-state index < -0.39 is 5.60 Å². The van der Waals surface area contributed by atoms with Gasteiger partial charge < -0.3 is 9.47 Å². The molecule has 2 aromatic carbocycles. The standard InChI is InChI=1S/C20H21NO3/c1-15(21-11-13-23-14-12-21)20(16-7-3-2-4-8-16)18-10-6-5-9-17(18)19(22)24-20/h2-10,15H,11-14H2,1H3. The highest BCUT2D eigenvalue weighted by molar-refractivity contribution is 5.95. The van der Waals surface area contributed by atoms with Crippen LogP contribution in [-0.2, 0) is 15.1 Å². The van der Waals surface area contributed by atoms with Crippen LogP contribution in [0.5, 0.6) is 0 Å². The van der Waals surface area contributed by atoms with Crippen LogP contribution in [0.2, 0.25) is 0 Å². The quantitative estimate of drug-likeness (QED) is 0.814. The maximum absolute atomic E-state index is 12.6. The summed E-state index contributed by atoms with van der Waals surface area (Å²) in [6, 6.07) is 17.8. The fourth-order valence-electron chi connectivity index (χ4n) is 3.91. The van der Waals surface area contributed by atoms with Gasteiger partial charge in [-0.1, -0.05) is 48.5 Å². The fraction of sp³-hybridized carbons (Fsp3) is 0.350. The van der Waals surface area contributed by atoms with Crippen molar-refractivity contribution in [1.29, 1.82) is 0 Å². The predicted molar refractivity (Wildman–Crippen MR) is 90.9 cm³/mol. The molecule has 0 aromatic heterocycles. The number of hydrogen-bond donors (Lipinski definition) is 0. The Labute approximate surface area is 142 Å². The Balaban J connectivity index is 1.87. The predicted octanol–water partition coefficient (Wildman–Crippen LogP) is 2.82. The lowest BCUT2D eigenvalue weighted by atomic mass is 9.79. The highest BCUT2D eigenvalue weighted by Crippen LogP contribution is 2.46. The highest BCUT2D eigenvalue weighted by Gasteiger charge is 2.52. The van der Waals surface area contributed by atoms with Gasteiger partial charge in [-0.15, -0.1) is 0 Å². The molecule has 2 aliphatic heterocycles. The molecule has 2 atom stereocenters. The Morgan fingerprint density at radius 2 is 1.67 bits per heavy atom. The van der Waals surface area contributed by atoms with Crippen LogP contribution in [0.4, 0.5) is 0 Å². The number of carbonyl (C=O) groups is 1. The number of rotatable bonds is 3. The third-order valence-electron chi connectivity index (χ3n) is 5.19. The molecule has 0 N–H and O–H groups in total. The summed E-state index contributed by atoms with van der Waals surface area (Å²) in [6.07, 6.45) is 0. The SMILES string of the molecule is CC(N1CCOCC1)C1(c2ccccc2)OC(=O)c2ccccc21. The number of esters is 1. The lowest BCUT2D eigenvalue weighted by molar-refractivity contribution is -0.0596. The maximum Gasteiger partial charge on any atom is 0.339 e. The Kier molecular flexibility index (Phi) is 3.87. The van der Waals surface area contributed by atoms with E-state index in [0.717, 1.165) is 24.2 Å². The summed E-state index contributed by atoms with van der Waals surface area (Å²) in [6.45, 7) is 5.26. The van der Waals surface area contributed by atoms with Crippen molar-refractivity contribution in [3.63, 3.8) is 0 Å². The molecule has 1 fully saturated rings. The van der Waals surface area contributed by atoms with Crippen molar-refractivity contribution in [2.75, 3.05) is 26.3 Å². The van der Waals surface area contributed by atoms with Crippen LogP contribution in [0.15, 0.2) is 54.6 Å². The maximum atomic E-state index is 12.6. The van der Waals surface area contributed by atoms with Gasteiger partial charge in [0.25, 0.3) is 0 Å². The minimum atomic E-state index is -0.772. The van der Waals surface area contributed by atoms with Gasteiger partial charge in [0.2, 0.25) is 0 Å². The molecular weight excluding hydrogens is 302 g/mol. The average molecular weight is 323 g/mol. The van der Waals surface area contributed by atoms with Gasteiger partial charge in [-0.25, -0.2) is 4.79 Å². The molecule has 0 radical (unpaired) electrons. The second kappa shape index (κ2) is 6.04. The van der Waals surface area contributed by atoms with E-state index in [4.69, 9.17) is 9.47 Å². The second-order valence-corrected chi connectivity index (χ2v) is 6.36. The van der Waals surface area contributed by atoms with Crippen molar-refractivity contribution < 1.29 is 14.3 Å². The van der Waals surface area contributed by atoms with E-state index in [9.17, 15) is 4.79 Å². The first kappa shape index (κ1) is 15.4. The normalized spacial score (nSPS) is 25.1. The molecule has 0 saturated carbocycles. The topological polar surface area (TPSA) is 38.8 Å². The minimum Gasteiger partial charge on any atom is -0.444 e. The Hall–Kier alpha value is -2.17. The molecule has 2 aromatic rings. The summed E-state index contributed by atoms with van der Waals surface area (Å²) in [4.78, 5) is 14.9. The van der Waals surface area contributed by atoms with Crippen LogP contribution < -0.4 is 0 Å². The second-order valence-electron chi connectivity index (χ2n) is 6.36. The third kappa shape index (κ3) is 2.26. The number of carbonyl (C=O) groups excluding carboxylic acids is 1. The minimum absolute atomic E-state index is 0.0244. The van der Waals surface area contributed by atoms with Gasteiger partial charge in [0, 0.05) is 24.2 Å². The molecule has 0 aliphatic carbocycles. The molecule has 2 unspecified atom stereocenters. The van der Waals surface area contributed by atoms with Crippen molar-refractivity contribution in [2.45, 2.75) is 18.6 Å². The van der Waals surface area contributed by atoms with Gasteiger partial charge in [-0.05, 0) is 13.0 Å². The van der Waals surface area contributed by atoms with Crippen molar-refractivity contribution in [2.24, 2.45) is 0 Å². The number of hydrogen-bond acceptors (Lipinski definition) is 4. The Morgan fingerprint density at radius 1 is 1.00 bits per heavy atom. The van der Waals surface area contributed by atoms with Gasteiger partial charge >= 0.3 is 5.97 Å². The summed E-state index contributed by atoms with van der Waals surface area (Å²) >= 11 is 0. The first-order valence-electron chi connectivity index (χ1n) is 8.43. The molecule has 4 nitrogen and oxygen atoms in total. The zero-order valence-electron chi connectivity index (χ0n) is 13.8. The molecule has 4 heteroatoms. The third-order valence-corrected chi connectivity index (χ3v) is 5.19. The molecule has 24 heavy (non-hydrogen) atoms. The van der Waals surface area contributed by atoms with Gasteiger partial charge in [-0.2, -0.15) is 0 Å². The van der Waals surface area contributed by atoms with Gasteiger partial charge in [0.1, 0.15) is 0 Å². The first-order chi connectivity index (χ1) is 11.7. The molecular formula is C20H21NO3. The Morgan fingerprint density at radius 3 is 2.42 bits per heavy atom. The van der Waals surface area contributed by atoms with Crippen LogP contribution in [0.25, 0.3) is 0 Å². The van der Waals surface area contributed by atoms with Crippen LogP contribution in [0, 0.1) is 0 Å².